The third kappa shape index (κ3) is 4.32. The number of amides is 1. The summed E-state index contributed by atoms with van der Waals surface area (Å²) in [5.74, 6) is -2.93. The summed E-state index contributed by atoms with van der Waals surface area (Å²) in [7, 11) is 0. The lowest BCUT2D eigenvalue weighted by atomic mass is 9.85. The van der Waals surface area contributed by atoms with Crippen LogP contribution in [0.5, 0.6) is 0 Å². The van der Waals surface area contributed by atoms with Gasteiger partial charge in [0, 0.05) is 4.88 Å². The van der Waals surface area contributed by atoms with Crippen molar-refractivity contribution in [1.82, 2.24) is 0 Å². The lowest BCUT2D eigenvalue weighted by Crippen LogP contribution is -2.23. The van der Waals surface area contributed by atoms with Crippen LogP contribution in [0.4, 0.5) is 9.39 Å². The van der Waals surface area contributed by atoms with Crippen molar-refractivity contribution < 1.29 is 28.2 Å². The number of hydrogen-bond acceptors (Lipinski definition) is 6. The Balaban J connectivity index is 2.03. The molecule has 2 aromatic rings. The van der Waals surface area contributed by atoms with E-state index < -0.39 is 29.6 Å². The van der Waals surface area contributed by atoms with Gasteiger partial charge in [0.1, 0.15) is 10.8 Å². The number of carbonyl (C=O) groups excluding carboxylic acids is 3. The number of thiophene rings is 1. The number of ether oxygens (including phenoxy) is 2. The fraction of sp³-hybridized carbons (Fsp3) is 0.381. The molecule has 154 valence electrons. The molecule has 0 aliphatic heterocycles. The van der Waals surface area contributed by atoms with E-state index in [0.717, 1.165) is 11.3 Å². The molecule has 1 atom stereocenters. The standard InChI is InChI=1S/C21H22FNO5S/c1-3-27-20(25)13-9-7-11-15-16(13)17(21(26)28-4-2)19(29-15)23-18(24)12-8-5-6-10-14(12)22/h5-6,8,10,13H,3-4,7,9,11H2,1-2H3,(H,23,24). The zero-order chi connectivity index (χ0) is 21.0. The third-order valence-corrected chi connectivity index (χ3v) is 5.84. The van der Waals surface area contributed by atoms with Gasteiger partial charge in [0.2, 0.25) is 0 Å². The van der Waals surface area contributed by atoms with E-state index in [1.165, 1.54) is 29.5 Å². The Labute approximate surface area is 172 Å². The first-order valence-corrected chi connectivity index (χ1v) is 10.3. The molecule has 1 aliphatic rings. The van der Waals surface area contributed by atoms with E-state index in [-0.39, 0.29) is 29.3 Å². The molecule has 1 unspecified atom stereocenters. The first kappa shape index (κ1) is 21.0. The van der Waals surface area contributed by atoms with Crippen molar-refractivity contribution in [3.63, 3.8) is 0 Å². The second-order valence-electron chi connectivity index (χ2n) is 6.49. The molecule has 0 spiro atoms. The monoisotopic (exact) mass is 419 g/mol. The van der Waals surface area contributed by atoms with Gasteiger partial charge < -0.3 is 14.8 Å². The van der Waals surface area contributed by atoms with Gasteiger partial charge in [-0.05, 0) is 50.8 Å². The van der Waals surface area contributed by atoms with E-state index in [0.29, 0.717) is 18.4 Å². The summed E-state index contributed by atoms with van der Waals surface area (Å²) in [4.78, 5) is 38.6. The average Bonchev–Trinajstić information content (AvgIpc) is 3.06. The van der Waals surface area contributed by atoms with Crippen molar-refractivity contribution in [2.75, 3.05) is 18.5 Å². The van der Waals surface area contributed by atoms with Gasteiger partial charge in [-0.3, -0.25) is 9.59 Å². The maximum atomic E-state index is 14.0. The molecule has 1 aromatic carbocycles. The Morgan fingerprint density at radius 3 is 2.59 bits per heavy atom. The van der Waals surface area contributed by atoms with Crippen LogP contribution in [0.15, 0.2) is 24.3 Å². The van der Waals surface area contributed by atoms with Gasteiger partial charge in [-0.2, -0.15) is 0 Å². The number of nitrogens with one attached hydrogen (secondary N) is 1. The molecule has 1 amide bonds. The van der Waals surface area contributed by atoms with Gasteiger partial charge in [-0.1, -0.05) is 12.1 Å². The molecule has 0 bridgehead atoms. The minimum atomic E-state index is -0.667. The van der Waals surface area contributed by atoms with Crippen LogP contribution >= 0.6 is 11.3 Å². The number of hydrogen-bond donors (Lipinski definition) is 1. The number of benzene rings is 1. The molecule has 0 saturated carbocycles. The zero-order valence-electron chi connectivity index (χ0n) is 16.2. The summed E-state index contributed by atoms with van der Waals surface area (Å²) in [6, 6.07) is 5.60. The Morgan fingerprint density at radius 1 is 1.17 bits per heavy atom. The second-order valence-corrected chi connectivity index (χ2v) is 7.60. The van der Waals surface area contributed by atoms with Crippen LogP contribution in [0.1, 0.15) is 63.8 Å². The highest BCUT2D eigenvalue weighted by Gasteiger charge is 2.37. The van der Waals surface area contributed by atoms with Crippen molar-refractivity contribution in [2.24, 2.45) is 0 Å². The minimum absolute atomic E-state index is 0.129. The number of halogens is 1. The maximum Gasteiger partial charge on any atom is 0.341 e. The quantitative estimate of drug-likeness (QED) is 0.706. The summed E-state index contributed by atoms with van der Waals surface area (Å²) < 4.78 is 24.4. The van der Waals surface area contributed by atoms with E-state index >= 15 is 0 Å². The van der Waals surface area contributed by atoms with Crippen molar-refractivity contribution in [2.45, 2.75) is 39.0 Å². The van der Waals surface area contributed by atoms with Crippen LogP contribution in [-0.4, -0.2) is 31.1 Å². The minimum Gasteiger partial charge on any atom is -0.466 e. The van der Waals surface area contributed by atoms with E-state index in [1.54, 1.807) is 19.9 Å². The fourth-order valence-corrected chi connectivity index (χ4v) is 4.73. The van der Waals surface area contributed by atoms with Crippen molar-refractivity contribution in [1.29, 1.82) is 0 Å². The first-order chi connectivity index (χ1) is 14.0. The highest BCUT2D eigenvalue weighted by molar-refractivity contribution is 7.17. The van der Waals surface area contributed by atoms with Crippen molar-refractivity contribution in [3.05, 3.63) is 51.7 Å². The molecule has 6 nitrogen and oxygen atoms in total. The Hall–Kier alpha value is -2.74. The highest BCUT2D eigenvalue weighted by Crippen LogP contribution is 2.44. The highest BCUT2D eigenvalue weighted by atomic mass is 32.1. The van der Waals surface area contributed by atoms with E-state index in [9.17, 15) is 18.8 Å². The lowest BCUT2D eigenvalue weighted by Gasteiger charge is -2.22. The summed E-state index contributed by atoms with van der Waals surface area (Å²) in [6.07, 6.45) is 1.99. The van der Waals surface area contributed by atoms with Crippen LogP contribution in [0.3, 0.4) is 0 Å². The van der Waals surface area contributed by atoms with Crippen molar-refractivity contribution in [3.8, 4) is 0 Å². The van der Waals surface area contributed by atoms with E-state index in [4.69, 9.17) is 9.47 Å². The maximum absolute atomic E-state index is 14.0. The van der Waals surface area contributed by atoms with Gasteiger partial charge in [-0.15, -0.1) is 11.3 Å². The predicted molar refractivity (Wildman–Crippen MR) is 107 cm³/mol. The number of anilines is 1. The number of fused-ring (bicyclic) bond motifs is 1. The summed E-state index contributed by atoms with van der Waals surface area (Å²) >= 11 is 1.22. The van der Waals surface area contributed by atoms with Crippen molar-refractivity contribution >= 4 is 34.2 Å². The Morgan fingerprint density at radius 2 is 1.90 bits per heavy atom. The first-order valence-electron chi connectivity index (χ1n) is 9.53. The van der Waals surface area contributed by atoms with Gasteiger partial charge in [0.25, 0.3) is 5.91 Å². The normalized spacial score (nSPS) is 15.3. The number of rotatable bonds is 6. The summed E-state index contributed by atoms with van der Waals surface area (Å²) in [6.45, 7) is 3.79. The van der Waals surface area contributed by atoms with Crippen LogP contribution in [0, 0.1) is 5.82 Å². The largest absolute Gasteiger partial charge is 0.466 e. The smallest absolute Gasteiger partial charge is 0.341 e. The van der Waals surface area contributed by atoms with Gasteiger partial charge in [0.05, 0.1) is 30.3 Å². The Kier molecular flexibility index (Phi) is 6.64. The molecule has 3 rings (SSSR count). The van der Waals surface area contributed by atoms with Gasteiger partial charge in [0.15, 0.2) is 0 Å². The summed E-state index contributed by atoms with van der Waals surface area (Å²) in [5, 5.41) is 2.90. The molecule has 29 heavy (non-hydrogen) atoms. The zero-order valence-corrected chi connectivity index (χ0v) is 17.1. The molecule has 1 aliphatic carbocycles. The fourth-order valence-electron chi connectivity index (χ4n) is 3.44. The lowest BCUT2D eigenvalue weighted by molar-refractivity contribution is -0.145. The Bertz CT molecular complexity index is 939. The molecule has 1 heterocycles. The predicted octanol–water partition coefficient (Wildman–Crippen LogP) is 4.30. The molecule has 8 heteroatoms. The second kappa shape index (κ2) is 9.17. The number of esters is 2. The number of carbonyl (C=O) groups is 3. The van der Waals surface area contributed by atoms with Crippen LogP contribution in [0.2, 0.25) is 0 Å². The summed E-state index contributed by atoms with van der Waals surface area (Å²) in [5.41, 5.74) is 0.590. The van der Waals surface area contributed by atoms with Crippen LogP contribution in [0.25, 0.3) is 0 Å². The van der Waals surface area contributed by atoms with E-state index in [1.807, 2.05) is 0 Å². The van der Waals surface area contributed by atoms with Crippen LogP contribution < -0.4 is 5.32 Å². The molecular weight excluding hydrogens is 397 g/mol. The number of aryl methyl sites for hydroxylation is 1. The molecule has 0 radical (unpaired) electrons. The molecular formula is C21H22FNO5S. The molecule has 1 aromatic heterocycles. The molecule has 0 saturated heterocycles. The molecule has 1 N–H and O–H groups in total. The van der Waals surface area contributed by atoms with Gasteiger partial charge in [-0.25, -0.2) is 9.18 Å². The van der Waals surface area contributed by atoms with Gasteiger partial charge >= 0.3 is 11.9 Å². The topological polar surface area (TPSA) is 81.7 Å². The van der Waals surface area contributed by atoms with E-state index in [2.05, 4.69) is 5.32 Å². The SMILES string of the molecule is CCOC(=O)c1c(NC(=O)c2ccccc2F)sc2c1C(C(=O)OCC)CCC2. The average molecular weight is 419 g/mol. The van der Waals surface area contributed by atoms with Crippen LogP contribution in [-0.2, 0) is 20.7 Å². The third-order valence-electron chi connectivity index (χ3n) is 4.66. The molecule has 0 fully saturated rings.